The largest absolute Gasteiger partial charge is 0.457 e. The summed E-state index contributed by atoms with van der Waals surface area (Å²) in [6.07, 6.45) is 5.04. The Morgan fingerprint density at radius 3 is 2.47 bits per heavy atom. The van der Waals surface area contributed by atoms with Crippen LogP contribution in [0.1, 0.15) is 80.6 Å². The zero-order valence-electron chi connectivity index (χ0n) is 22.1. The minimum absolute atomic E-state index is 0.00295. The molecule has 3 aliphatic carbocycles. The summed E-state index contributed by atoms with van der Waals surface area (Å²) in [5.41, 5.74) is -0.502. The van der Waals surface area contributed by atoms with Gasteiger partial charge in [0.2, 0.25) is 0 Å². The number of aliphatic hydroxyl groups is 1. The normalized spacial score (nSPS) is 38.5. The first-order valence-corrected chi connectivity index (χ1v) is 13.2. The molecule has 3 saturated carbocycles. The lowest BCUT2D eigenvalue weighted by Crippen LogP contribution is -2.65. The van der Waals surface area contributed by atoms with Crippen molar-refractivity contribution in [3.8, 4) is 0 Å². The molecule has 8 heteroatoms. The highest BCUT2D eigenvalue weighted by atomic mass is 16.7. The van der Waals surface area contributed by atoms with E-state index in [0.717, 1.165) is 31.5 Å². The molecule has 34 heavy (non-hydrogen) atoms. The number of carbonyl (C=O) groups excluding carboxylic acids is 2. The van der Waals surface area contributed by atoms with Gasteiger partial charge in [0.25, 0.3) is 0 Å². The van der Waals surface area contributed by atoms with E-state index in [1.54, 1.807) is 11.8 Å². The van der Waals surface area contributed by atoms with Crippen LogP contribution in [0, 0.1) is 29.1 Å². The van der Waals surface area contributed by atoms with Gasteiger partial charge in [-0.15, -0.1) is 0 Å². The van der Waals surface area contributed by atoms with Crippen LogP contribution in [0.25, 0.3) is 0 Å². The third-order valence-corrected chi connectivity index (χ3v) is 9.30. The fourth-order valence-electron chi connectivity index (χ4n) is 7.48. The minimum Gasteiger partial charge on any atom is -0.444 e. The Bertz CT molecular complexity index is 797. The number of hydrogen-bond donors (Lipinski definition) is 1. The Hall–Kier alpha value is -1.12. The van der Waals surface area contributed by atoms with Gasteiger partial charge >= 0.3 is 13.2 Å². The number of hydrogen-bond acceptors (Lipinski definition) is 6. The maximum absolute atomic E-state index is 12.9. The molecule has 1 amide bonds. The van der Waals surface area contributed by atoms with Crippen molar-refractivity contribution in [1.82, 2.24) is 4.90 Å². The molecule has 5 aliphatic rings. The summed E-state index contributed by atoms with van der Waals surface area (Å²) in [7, 11) is -0.208. The van der Waals surface area contributed by atoms with E-state index in [9.17, 15) is 14.7 Å². The number of rotatable bonds is 7. The Morgan fingerprint density at radius 1 is 1.18 bits per heavy atom. The number of ether oxygens (including phenoxy) is 1. The highest BCUT2D eigenvalue weighted by Crippen LogP contribution is 2.65. The van der Waals surface area contributed by atoms with E-state index in [4.69, 9.17) is 14.0 Å². The molecule has 192 valence electrons. The molecule has 0 aromatic heterocycles. The summed E-state index contributed by atoms with van der Waals surface area (Å²) >= 11 is 0. The zero-order valence-corrected chi connectivity index (χ0v) is 22.1. The van der Waals surface area contributed by atoms with Gasteiger partial charge in [-0.25, -0.2) is 4.79 Å². The molecule has 5 rings (SSSR count). The first kappa shape index (κ1) is 26.0. The van der Waals surface area contributed by atoms with Crippen molar-refractivity contribution in [3.63, 3.8) is 0 Å². The second-order valence-electron chi connectivity index (χ2n) is 13.0. The number of Topliss-reactive ketones (excluding diaryl/α,β-unsaturated/α-hetero) is 1. The van der Waals surface area contributed by atoms with Crippen molar-refractivity contribution in [3.05, 3.63) is 0 Å². The maximum Gasteiger partial charge on any atom is 0.457 e. The average Bonchev–Trinajstić information content (AvgIpc) is 3.24. The van der Waals surface area contributed by atoms with Crippen molar-refractivity contribution in [2.24, 2.45) is 29.1 Å². The summed E-state index contributed by atoms with van der Waals surface area (Å²) in [6, 6.07) is -0.509. The van der Waals surface area contributed by atoms with E-state index in [1.807, 2.05) is 20.8 Å². The molecular weight excluding hydrogens is 433 g/mol. The fraction of sp³-hybridized carbons (Fsp3) is 0.923. The van der Waals surface area contributed by atoms with E-state index >= 15 is 0 Å². The predicted molar refractivity (Wildman–Crippen MR) is 130 cm³/mol. The van der Waals surface area contributed by atoms with Crippen LogP contribution >= 0.6 is 0 Å². The number of carbonyl (C=O) groups is 2. The monoisotopic (exact) mass is 477 g/mol. The smallest absolute Gasteiger partial charge is 0.444 e. The maximum atomic E-state index is 12.9. The number of aliphatic hydroxyl groups excluding tert-OH is 1. The highest BCUT2D eigenvalue weighted by Gasteiger charge is 2.67. The van der Waals surface area contributed by atoms with Gasteiger partial charge in [0.15, 0.2) is 5.78 Å². The average molecular weight is 477 g/mol. The van der Waals surface area contributed by atoms with Crippen LogP contribution in [0.15, 0.2) is 0 Å². The predicted octanol–water partition coefficient (Wildman–Crippen LogP) is 4.32. The van der Waals surface area contributed by atoms with E-state index in [1.165, 1.54) is 6.42 Å². The zero-order chi connectivity index (χ0) is 25.1. The summed E-state index contributed by atoms with van der Waals surface area (Å²) in [4.78, 5) is 27.1. The van der Waals surface area contributed by atoms with E-state index in [0.29, 0.717) is 24.3 Å². The van der Waals surface area contributed by atoms with E-state index < -0.39 is 17.7 Å². The van der Waals surface area contributed by atoms with Gasteiger partial charge in [-0.05, 0) is 95.7 Å². The molecule has 2 bridgehead atoms. The number of likely N-dealkylation sites (tertiary alicyclic amines) is 1. The molecule has 0 radical (unpaired) electrons. The molecule has 2 aliphatic heterocycles. The van der Waals surface area contributed by atoms with Gasteiger partial charge in [-0.2, -0.15) is 0 Å². The Kier molecular flexibility index (Phi) is 6.93. The van der Waals surface area contributed by atoms with Crippen LogP contribution in [0.3, 0.4) is 0 Å². The number of nitrogens with zero attached hydrogens (tertiary/aromatic N) is 1. The molecule has 2 saturated heterocycles. The quantitative estimate of drug-likeness (QED) is 0.550. The SMILES string of the molecule is CC(=O)[C@H]1[C@H](CCCB2O[C@@H]3C[C@@H]4C[C@@H](C4(C)C)[C@]3(C)O2)C(CCO)CN1C(=O)OC(C)(C)C. The van der Waals surface area contributed by atoms with Gasteiger partial charge in [0.05, 0.1) is 17.7 Å². The fourth-order valence-corrected chi connectivity index (χ4v) is 7.48. The molecule has 2 heterocycles. The molecule has 5 fully saturated rings. The molecule has 0 spiro atoms. The Balaban J connectivity index is 1.38. The second kappa shape index (κ2) is 9.08. The van der Waals surface area contributed by atoms with Gasteiger partial charge in [0.1, 0.15) is 5.60 Å². The first-order chi connectivity index (χ1) is 15.8. The van der Waals surface area contributed by atoms with Crippen LogP contribution in [0.4, 0.5) is 4.79 Å². The molecular formula is C26H44BNO6. The summed E-state index contributed by atoms with van der Waals surface area (Å²) in [5, 5.41) is 9.64. The van der Waals surface area contributed by atoms with E-state index in [2.05, 4.69) is 20.8 Å². The van der Waals surface area contributed by atoms with Crippen LogP contribution in [-0.4, -0.2) is 65.5 Å². The Labute approximate surface area is 205 Å². The number of ketones is 1. The molecule has 7 atom stereocenters. The molecule has 1 unspecified atom stereocenters. The van der Waals surface area contributed by atoms with Crippen molar-refractivity contribution < 1.29 is 28.7 Å². The first-order valence-electron chi connectivity index (χ1n) is 13.2. The molecule has 0 aromatic rings. The van der Waals surface area contributed by atoms with Crippen LogP contribution in [0.5, 0.6) is 0 Å². The molecule has 7 nitrogen and oxygen atoms in total. The highest BCUT2D eigenvalue weighted by molar-refractivity contribution is 6.45. The topological polar surface area (TPSA) is 85.3 Å². The summed E-state index contributed by atoms with van der Waals surface area (Å²) in [5.74, 6) is 1.33. The van der Waals surface area contributed by atoms with Gasteiger partial charge < -0.3 is 19.2 Å². The lowest BCUT2D eigenvalue weighted by molar-refractivity contribution is -0.199. The van der Waals surface area contributed by atoms with Crippen molar-refractivity contribution in [2.75, 3.05) is 13.2 Å². The van der Waals surface area contributed by atoms with Crippen LogP contribution < -0.4 is 0 Å². The van der Waals surface area contributed by atoms with Crippen molar-refractivity contribution in [1.29, 1.82) is 0 Å². The third-order valence-electron chi connectivity index (χ3n) is 9.30. The lowest BCUT2D eigenvalue weighted by Gasteiger charge is -2.64. The van der Waals surface area contributed by atoms with Gasteiger partial charge in [0, 0.05) is 13.2 Å². The van der Waals surface area contributed by atoms with Gasteiger partial charge in [-0.1, -0.05) is 20.3 Å². The second-order valence-corrected chi connectivity index (χ2v) is 13.0. The molecule has 0 aromatic carbocycles. The van der Waals surface area contributed by atoms with E-state index in [-0.39, 0.29) is 43.0 Å². The standard InChI is InChI=1S/C26H44BNO6/c1-16(30)22-19(17(10-12-29)15-28(22)23(31)32-24(2,3)4)9-8-11-27-33-21-14-18-13-20(25(18,5)6)26(21,7)34-27/h17-22,29H,8-15H2,1-7H3/t17?,18-,19+,20-,21+,22-,26-/m0/s1. The van der Waals surface area contributed by atoms with Crippen molar-refractivity contribution in [2.45, 2.75) is 110 Å². The van der Waals surface area contributed by atoms with Gasteiger partial charge in [-0.3, -0.25) is 9.69 Å². The Morgan fingerprint density at radius 2 is 1.88 bits per heavy atom. The summed E-state index contributed by atoms with van der Waals surface area (Å²) < 4.78 is 18.5. The van der Waals surface area contributed by atoms with Crippen LogP contribution in [0.2, 0.25) is 6.32 Å². The van der Waals surface area contributed by atoms with Crippen molar-refractivity contribution >= 4 is 19.0 Å². The third kappa shape index (κ3) is 4.55. The number of amides is 1. The molecule has 1 N–H and O–H groups in total. The van der Waals surface area contributed by atoms with Crippen LogP contribution in [-0.2, 0) is 18.8 Å². The lowest BCUT2D eigenvalue weighted by atomic mass is 9.43. The minimum atomic E-state index is -0.623. The summed E-state index contributed by atoms with van der Waals surface area (Å²) in [6.45, 7) is 14.5.